The lowest BCUT2D eigenvalue weighted by Crippen LogP contribution is -1.75. The van der Waals surface area contributed by atoms with Gasteiger partial charge in [-0.25, -0.2) is 0 Å². The highest BCUT2D eigenvalue weighted by Gasteiger charge is 1.83. The lowest BCUT2D eigenvalue weighted by Gasteiger charge is -1.72. The van der Waals surface area contributed by atoms with E-state index < -0.39 is 0 Å². The van der Waals surface area contributed by atoms with E-state index in [1.165, 1.54) is 0 Å². The van der Waals surface area contributed by atoms with Crippen LogP contribution in [-0.4, -0.2) is 3.79 Å². The fourth-order valence-corrected chi connectivity index (χ4v) is 0.425. The van der Waals surface area contributed by atoms with Gasteiger partial charge in [-0.3, -0.25) is 4.79 Å². The van der Waals surface area contributed by atoms with Crippen LogP contribution in [0.5, 0.6) is 0 Å². The predicted molar refractivity (Wildman–Crippen MR) is 33.8 cm³/mol. The summed E-state index contributed by atoms with van der Waals surface area (Å²) in [6, 6.07) is 0. The lowest BCUT2D eigenvalue weighted by molar-refractivity contribution is -0.108. The van der Waals surface area contributed by atoms with Crippen LogP contribution in [0.3, 0.4) is 0 Å². The van der Waals surface area contributed by atoms with Gasteiger partial charge in [0.15, 0.2) is 3.79 Å². The molecule has 0 aromatic heterocycles. The van der Waals surface area contributed by atoms with Gasteiger partial charge in [-0.1, -0.05) is 6.08 Å². The summed E-state index contributed by atoms with van der Waals surface area (Å²) in [7, 11) is 0. The number of allylic oxidation sites excluding steroid dienone is 1. The second-order valence-corrected chi connectivity index (χ2v) is 2.05. The maximum atomic E-state index is 9.96. The van der Waals surface area contributed by atoms with Gasteiger partial charge < -0.3 is 0 Å². The summed E-state index contributed by atoms with van der Waals surface area (Å²) in [5.41, 5.74) is 0. The van der Waals surface area contributed by atoms with Crippen molar-refractivity contribution in [2.45, 2.75) is 6.42 Å². The van der Waals surface area contributed by atoms with Crippen LogP contribution in [0.1, 0.15) is 6.42 Å². The van der Waals surface area contributed by atoms with Crippen LogP contribution in [-0.2, 0) is 4.79 Å². The molecule has 0 rings (SSSR count). The molecule has 0 heterocycles. The van der Waals surface area contributed by atoms with Crippen LogP contribution < -0.4 is 0 Å². The minimum Gasteiger partial charge on any atom is -0.287 e. The second kappa shape index (κ2) is 3.33. The minimum atomic E-state index is 0.141. The fraction of sp³-hybridized carbons (Fsp3) is 0.250. The van der Waals surface area contributed by atoms with E-state index in [-0.39, 0.29) is 3.79 Å². The van der Waals surface area contributed by atoms with Crippen LogP contribution in [0.2, 0.25) is 0 Å². The van der Waals surface area contributed by atoms with Gasteiger partial charge in [0.25, 0.3) is 0 Å². The Balaban J connectivity index is 3.05. The largest absolute Gasteiger partial charge is 0.287 e. The molecule has 0 aliphatic rings. The number of carbonyl (C=O) groups excluding carboxylic acids is 1. The normalized spacial score (nSPS) is 7.50. The van der Waals surface area contributed by atoms with Crippen LogP contribution in [0.25, 0.3) is 0 Å². The Kier molecular flexibility index (Phi) is 3.41. The first kappa shape index (κ1) is 6.14. The Hall–Kier alpha value is 0.140. The lowest BCUT2D eigenvalue weighted by atomic mass is 10.5. The molecule has 0 N–H and O–H groups in total. The molecule has 0 atom stereocenters. The molecule has 0 bridgehead atoms. The van der Waals surface area contributed by atoms with Crippen molar-refractivity contribution in [1.29, 1.82) is 0 Å². The van der Waals surface area contributed by atoms with Gasteiger partial charge in [0.05, 0.1) is 0 Å². The van der Waals surface area contributed by atoms with Gasteiger partial charge in [0, 0.05) is 6.42 Å². The summed E-state index contributed by atoms with van der Waals surface area (Å²) >= 11 is 1.73. The molecular formula is C4H5IO. The summed E-state index contributed by atoms with van der Waals surface area (Å²) in [4.78, 5) is 9.96. The van der Waals surface area contributed by atoms with E-state index in [2.05, 4.69) is 6.58 Å². The van der Waals surface area contributed by atoms with Gasteiger partial charge in [0.2, 0.25) is 0 Å². The molecule has 0 aromatic rings. The predicted octanol–water partition coefficient (Wildman–Crippen LogP) is 1.52. The van der Waals surface area contributed by atoms with Crippen molar-refractivity contribution in [2.75, 3.05) is 0 Å². The van der Waals surface area contributed by atoms with Gasteiger partial charge in [-0.05, 0) is 22.6 Å². The first-order chi connectivity index (χ1) is 2.77. The highest BCUT2D eigenvalue weighted by atomic mass is 127. The first-order valence-corrected chi connectivity index (χ1v) is 2.64. The molecule has 6 heavy (non-hydrogen) atoms. The highest BCUT2D eigenvalue weighted by Crippen LogP contribution is 1.90. The van der Waals surface area contributed by atoms with E-state index >= 15 is 0 Å². The maximum absolute atomic E-state index is 9.96. The average molecular weight is 196 g/mol. The zero-order chi connectivity index (χ0) is 4.99. The fourth-order valence-electron chi connectivity index (χ4n) is 0.113. The summed E-state index contributed by atoms with van der Waals surface area (Å²) in [5.74, 6) is 0. The molecule has 0 amide bonds. The zero-order valence-electron chi connectivity index (χ0n) is 3.28. The zero-order valence-corrected chi connectivity index (χ0v) is 5.44. The Morgan fingerprint density at radius 3 is 2.50 bits per heavy atom. The molecule has 1 nitrogen and oxygen atoms in total. The van der Waals surface area contributed by atoms with Crippen molar-refractivity contribution >= 4 is 26.4 Å². The van der Waals surface area contributed by atoms with E-state index in [0.717, 1.165) is 0 Å². The molecule has 0 saturated heterocycles. The Bertz CT molecular complexity index is 67.9. The standard InChI is InChI=1S/C4H5IO/c1-2-3-4(5)6/h2H,1,3H2. The number of rotatable bonds is 2. The van der Waals surface area contributed by atoms with Crippen molar-refractivity contribution in [3.8, 4) is 0 Å². The van der Waals surface area contributed by atoms with Crippen molar-refractivity contribution < 1.29 is 4.79 Å². The second-order valence-electron chi connectivity index (χ2n) is 0.848. The van der Waals surface area contributed by atoms with Gasteiger partial charge in [0.1, 0.15) is 0 Å². The molecule has 0 spiro atoms. The van der Waals surface area contributed by atoms with Gasteiger partial charge in [-0.15, -0.1) is 6.58 Å². The molecule has 0 fully saturated rings. The van der Waals surface area contributed by atoms with E-state index in [9.17, 15) is 4.79 Å². The molecule has 0 radical (unpaired) electrons. The molecular weight excluding hydrogens is 191 g/mol. The summed E-state index contributed by atoms with van der Waals surface area (Å²) in [6.45, 7) is 3.38. The first-order valence-electron chi connectivity index (χ1n) is 1.56. The van der Waals surface area contributed by atoms with Crippen molar-refractivity contribution in [2.24, 2.45) is 0 Å². The summed E-state index contributed by atoms with van der Waals surface area (Å²) in [5, 5.41) is 0. The maximum Gasteiger partial charge on any atom is 0.196 e. The summed E-state index contributed by atoms with van der Waals surface area (Å²) in [6.07, 6.45) is 2.08. The number of carbonyl (C=O) groups is 1. The van der Waals surface area contributed by atoms with E-state index in [4.69, 9.17) is 0 Å². The van der Waals surface area contributed by atoms with Gasteiger partial charge in [-0.2, -0.15) is 0 Å². The number of halogens is 1. The Labute approximate surface area is 50.6 Å². The van der Waals surface area contributed by atoms with Crippen LogP contribution >= 0.6 is 22.6 Å². The van der Waals surface area contributed by atoms with Crippen molar-refractivity contribution in [1.82, 2.24) is 0 Å². The number of hydrogen-bond acceptors (Lipinski definition) is 1. The van der Waals surface area contributed by atoms with E-state index in [1.54, 1.807) is 28.7 Å². The molecule has 2 heteroatoms. The number of hydrogen-bond donors (Lipinski definition) is 0. The molecule has 34 valence electrons. The smallest absolute Gasteiger partial charge is 0.196 e. The monoisotopic (exact) mass is 196 g/mol. The highest BCUT2D eigenvalue weighted by molar-refractivity contribution is 14.1. The third-order valence-corrected chi connectivity index (χ3v) is 0.745. The average Bonchev–Trinajstić information content (AvgIpc) is 1.35. The Morgan fingerprint density at radius 1 is 2.00 bits per heavy atom. The SMILES string of the molecule is C=CCC(=O)I. The van der Waals surface area contributed by atoms with Crippen molar-refractivity contribution in [3.05, 3.63) is 12.7 Å². The third-order valence-electron chi connectivity index (χ3n) is 0.305. The quantitative estimate of drug-likeness (QED) is 0.371. The van der Waals surface area contributed by atoms with E-state index in [1.807, 2.05) is 0 Å². The molecule has 0 aromatic carbocycles. The third kappa shape index (κ3) is 4.14. The van der Waals surface area contributed by atoms with Crippen LogP contribution in [0, 0.1) is 0 Å². The van der Waals surface area contributed by atoms with Crippen molar-refractivity contribution in [3.63, 3.8) is 0 Å². The van der Waals surface area contributed by atoms with Crippen LogP contribution in [0.15, 0.2) is 12.7 Å². The molecule has 0 saturated carbocycles. The molecule has 0 aliphatic carbocycles. The van der Waals surface area contributed by atoms with Gasteiger partial charge >= 0.3 is 0 Å². The Morgan fingerprint density at radius 2 is 2.50 bits per heavy atom. The minimum absolute atomic E-state index is 0.141. The molecule has 0 aliphatic heterocycles. The van der Waals surface area contributed by atoms with E-state index in [0.29, 0.717) is 6.42 Å². The summed E-state index contributed by atoms with van der Waals surface area (Å²) < 4.78 is 0.141. The topological polar surface area (TPSA) is 17.1 Å². The van der Waals surface area contributed by atoms with Crippen LogP contribution in [0.4, 0.5) is 0 Å². The molecule has 0 unspecified atom stereocenters.